The number of nitrogens with zero attached hydrogens (tertiary/aromatic N) is 1. The maximum Gasteiger partial charge on any atom is 0.258 e. The van der Waals surface area contributed by atoms with Gasteiger partial charge in [0.1, 0.15) is 0 Å². The van der Waals surface area contributed by atoms with Crippen molar-refractivity contribution >= 4 is 40.0 Å². The Morgan fingerprint density at radius 3 is 2.70 bits per heavy atom. The number of hydrogen-bond acceptors (Lipinski definition) is 5. The van der Waals surface area contributed by atoms with E-state index in [-0.39, 0.29) is 17.6 Å². The number of amides is 2. The molecule has 0 aliphatic heterocycles. The van der Waals surface area contributed by atoms with Crippen molar-refractivity contribution in [3.63, 3.8) is 0 Å². The molecule has 1 aromatic heterocycles. The van der Waals surface area contributed by atoms with Crippen LogP contribution >= 0.6 is 23.1 Å². The number of nitrogens with one attached hydrogen (secondary N) is 2. The molecule has 1 saturated carbocycles. The number of benzene rings is 2. The predicted octanol–water partition coefficient (Wildman–Crippen LogP) is 4.71. The van der Waals surface area contributed by atoms with Gasteiger partial charge >= 0.3 is 0 Å². The fourth-order valence-corrected chi connectivity index (χ4v) is 4.28. The molecule has 2 N–H and O–H groups in total. The average Bonchev–Trinajstić information content (AvgIpc) is 3.43. The van der Waals surface area contributed by atoms with E-state index < -0.39 is 11.6 Å². The van der Waals surface area contributed by atoms with Gasteiger partial charge in [-0.3, -0.25) is 14.9 Å². The van der Waals surface area contributed by atoms with Crippen molar-refractivity contribution in [2.75, 3.05) is 11.1 Å². The van der Waals surface area contributed by atoms with Crippen molar-refractivity contribution in [2.24, 2.45) is 0 Å². The lowest BCUT2D eigenvalue weighted by Crippen LogP contribution is -2.27. The molecule has 0 bridgehead atoms. The summed E-state index contributed by atoms with van der Waals surface area (Å²) in [5.41, 5.74) is 1.29. The molecular weight excluding hydrogens is 428 g/mol. The summed E-state index contributed by atoms with van der Waals surface area (Å²) < 4.78 is 26.6. The number of halogens is 2. The van der Waals surface area contributed by atoms with E-state index in [4.69, 9.17) is 0 Å². The highest BCUT2D eigenvalue weighted by Crippen LogP contribution is 2.28. The van der Waals surface area contributed by atoms with Crippen molar-refractivity contribution in [2.45, 2.75) is 23.8 Å². The van der Waals surface area contributed by atoms with Crippen LogP contribution in [0, 0.1) is 11.6 Å². The summed E-state index contributed by atoms with van der Waals surface area (Å²) in [6.45, 7) is 0. The van der Waals surface area contributed by atoms with E-state index in [1.807, 2.05) is 6.07 Å². The molecule has 5 nitrogen and oxygen atoms in total. The third-order valence-electron chi connectivity index (χ3n) is 4.37. The third kappa shape index (κ3) is 5.03. The highest BCUT2D eigenvalue weighted by atomic mass is 32.2. The molecule has 2 amide bonds. The number of hydrogen-bond donors (Lipinski definition) is 2. The Morgan fingerprint density at radius 1 is 1.13 bits per heavy atom. The number of rotatable bonds is 7. The van der Waals surface area contributed by atoms with E-state index >= 15 is 0 Å². The summed E-state index contributed by atoms with van der Waals surface area (Å²) in [7, 11) is 0. The zero-order valence-electron chi connectivity index (χ0n) is 15.7. The van der Waals surface area contributed by atoms with Crippen LogP contribution in [0.5, 0.6) is 0 Å². The van der Waals surface area contributed by atoms with Gasteiger partial charge in [0.05, 0.1) is 17.0 Å². The first-order valence-corrected chi connectivity index (χ1v) is 11.1. The maximum absolute atomic E-state index is 13.5. The van der Waals surface area contributed by atoms with E-state index in [2.05, 4.69) is 15.6 Å². The van der Waals surface area contributed by atoms with Crippen LogP contribution in [0.3, 0.4) is 0 Å². The summed E-state index contributed by atoms with van der Waals surface area (Å²) in [6.07, 6.45) is 2.05. The Balaban J connectivity index is 1.43. The lowest BCUT2D eigenvalue weighted by molar-refractivity contribution is -0.118. The van der Waals surface area contributed by atoms with E-state index in [1.165, 1.54) is 29.2 Å². The van der Waals surface area contributed by atoms with Crippen LogP contribution in [0.25, 0.3) is 11.3 Å². The second-order valence-electron chi connectivity index (χ2n) is 6.75. The molecule has 0 spiro atoms. The van der Waals surface area contributed by atoms with Crippen LogP contribution in [0.2, 0.25) is 0 Å². The van der Waals surface area contributed by atoms with Crippen LogP contribution in [-0.2, 0) is 4.79 Å². The van der Waals surface area contributed by atoms with E-state index in [0.717, 1.165) is 25.0 Å². The Labute approximate surface area is 179 Å². The van der Waals surface area contributed by atoms with Gasteiger partial charge in [-0.2, -0.15) is 0 Å². The highest BCUT2D eigenvalue weighted by molar-refractivity contribution is 8.00. The zero-order chi connectivity index (χ0) is 21.1. The largest absolute Gasteiger partial charge is 0.353 e. The Hall–Kier alpha value is -2.78. The zero-order valence-corrected chi connectivity index (χ0v) is 17.3. The minimum atomic E-state index is -0.956. The molecule has 0 unspecified atom stereocenters. The highest BCUT2D eigenvalue weighted by Gasteiger charge is 2.23. The normalized spacial score (nSPS) is 13.1. The van der Waals surface area contributed by atoms with Crippen LogP contribution in [0.1, 0.15) is 23.2 Å². The molecule has 3 aromatic rings. The number of anilines is 1. The van der Waals surface area contributed by atoms with Gasteiger partial charge in [0.25, 0.3) is 5.91 Å². The Kier molecular flexibility index (Phi) is 6.10. The summed E-state index contributed by atoms with van der Waals surface area (Å²) in [5, 5.41) is 7.65. The molecule has 1 aliphatic rings. The summed E-state index contributed by atoms with van der Waals surface area (Å²) >= 11 is 2.49. The standard InChI is InChI=1S/C21H17F2N3O2S2/c22-15-8-5-12(9-16(15)23)17-10-30-21(25-17)26-20(28)14-3-1-2-4-18(14)29-11-19(27)24-13-6-7-13/h1-5,8-10,13H,6-7,11H2,(H,24,27)(H,25,26,28). The van der Waals surface area contributed by atoms with Gasteiger partial charge in [-0.05, 0) is 43.2 Å². The molecule has 30 heavy (non-hydrogen) atoms. The number of carbonyl (C=O) groups excluding carboxylic acids is 2. The molecule has 0 radical (unpaired) electrons. The van der Waals surface area contributed by atoms with Gasteiger partial charge < -0.3 is 5.32 Å². The Morgan fingerprint density at radius 2 is 1.93 bits per heavy atom. The van der Waals surface area contributed by atoms with Crippen molar-refractivity contribution < 1.29 is 18.4 Å². The SMILES string of the molecule is O=C(CSc1ccccc1C(=O)Nc1nc(-c2ccc(F)c(F)c2)cs1)NC1CC1. The molecule has 0 atom stereocenters. The minimum absolute atomic E-state index is 0.0474. The quantitative estimate of drug-likeness (QED) is 0.517. The van der Waals surface area contributed by atoms with Crippen LogP contribution in [-0.4, -0.2) is 28.6 Å². The minimum Gasteiger partial charge on any atom is -0.353 e. The molecule has 1 aliphatic carbocycles. The van der Waals surface area contributed by atoms with Crippen molar-refractivity contribution in [1.82, 2.24) is 10.3 Å². The van der Waals surface area contributed by atoms with Crippen molar-refractivity contribution in [3.05, 3.63) is 65.0 Å². The lowest BCUT2D eigenvalue weighted by atomic mass is 10.2. The summed E-state index contributed by atoms with van der Waals surface area (Å²) in [6, 6.07) is 10.9. The fourth-order valence-electron chi connectivity index (χ4n) is 2.70. The Bertz CT molecular complexity index is 1100. The molecule has 154 valence electrons. The first-order valence-electron chi connectivity index (χ1n) is 9.23. The molecule has 0 saturated heterocycles. The van der Waals surface area contributed by atoms with Gasteiger partial charge in [0.15, 0.2) is 16.8 Å². The van der Waals surface area contributed by atoms with Gasteiger partial charge in [0.2, 0.25) is 5.91 Å². The van der Waals surface area contributed by atoms with Crippen LogP contribution < -0.4 is 10.6 Å². The molecule has 1 heterocycles. The molecule has 4 rings (SSSR count). The average molecular weight is 446 g/mol. The third-order valence-corrected chi connectivity index (χ3v) is 6.20. The summed E-state index contributed by atoms with van der Waals surface area (Å²) in [5.74, 6) is -2.05. The monoisotopic (exact) mass is 445 g/mol. The molecule has 9 heteroatoms. The van der Waals surface area contributed by atoms with Crippen molar-refractivity contribution in [3.8, 4) is 11.3 Å². The van der Waals surface area contributed by atoms with Gasteiger partial charge in [-0.15, -0.1) is 23.1 Å². The van der Waals surface area contributed by atoms with E-state index in [0.29, 0.717) is 32.9 Å². The van der Waals surface area contributed by atoms with Gasteiger partial charge in [0, 0.05) is 21.9 Å². The molecule has 2 aromatic carbocycles. The van der Waals surface area contributed by atoms with Gasteiger partial charge in [-0.1, -0.05) is 12.1 Å². The topological polar surface area (TPSA) is 71.1 Å². The molecular formula is C21H17F2N3O2S2. The number of carbonyl (C=O) groups is 2. The second kappa shape index (κ2) is 8.93. The van der Waals surface area contributed by atoms with E-state index in [9.17, 15) is 18.4 Å². The van der Waals surface area contributed by atoms with E-state index in [1.54, 1.807) is 23.6 Å². The first-order chi connectivity index (χ1) is 14.5. The number of thioether (sulfide) groups is 1. The number of aromatic nitrogens is 1. The first kappa shape index (κ1) is 20.5. The second-order valence-corrected chi connectivity index (χ2v) is 8.62. The lowest BCUT2D eigenvalue weighted by Gasteiger charge is -2.09. The maximum atomic E-state index is 13.5. The number of thiazole rings is 1. The van der Waals surface area contributed by atoms with Crippen LogP contribution in [0.15, 0.2) is 52.7 Å². The van der Waals surface area contributed by atoms with Gasteiger partial charge in [-0.25, -0.2) is 13.8 Å². The van der Waals surface area contributed by atoms with Crippen LogP contribution in [0.4, 0.5) is 13.9 Å². The fraction of sp³-hybridized carbons (Fsp3) is 0.190. The molecule has 1 fully saturated rings. The van der Waals surface area contributed by atoms with Crippen molar-refractivity contribution in [1.29, 1.82) is 0 Å². The predicted molar refractivity (Wildman–Crippen MR) is 114 cm³/mol. The summed E-state index contributed by atoms with van der Waals surface area (Å²) in [4.78, 5) is 29.7. The smallest absolute Gasteiger partial charge is 0.258 e.